The summed E-state index contributed by atoms with van der Waals surface area (Å²) in [6, 6.07) is 4.12. The number of aromatic amines is 1. The Morgan fingerprint density at radius 1 is 1.39 bits per heavy atom. The highest BCUT2D eigenvalue weighted by atomic mass is 16.4. The van der Waals surface area contributed by atoms with E-state index >= 15 is 0 Å². The van der Waals surface area contributed by atoms with E-state index in [1.165, 1.54) is 11.2 Å². The molecule has 4 heterocycles. The molecule has 1 aliphatic rings. The van der Waals surface area contributed by atoms with Crippen molar-refractivity contribution >= 4 is 17.1 Å². The Labute approximate surface area is 161 Å². The highest BCUT2D eigenvalue weighted by molar-refractivity contribution is 5.91. The minimum Gasteiger partial charge on any atom is -0.465 e. The number of aromatic nitrogens is 5. The van der Waals surface area contributed by atoms with Gasteiger partial charge in [-0.25, -0.2) is 14.8 Å². The number of nitrogens with zero attached hydrogens (tertiary/aromatic N) is 6. The molecule has 9 heteroatoms. The van der Waals surface area contributed by atoms with E-state index in [1.807, 2.05) is 18.5 Å². The molecule has 28 heavy (non-hydrogen) atoms. The molecule has 1 aliphatic heterocycles. The maximum atomic E-state index is 11.3. The van der Waals surface area contributed by atoms with Gasteiger partial charge in [0, 0.05) is 28.8 Å². The van der Waals surface area contributed by atoms with Gasteiger partial charge in [-0.15, -0.1) is 0 Å². The average molecular weight is 379 g/mol. The predicted molar refractivity (Wildman–Crippen MR) is 102 cm³/mol. The van der Waals surface area contributed by atoms with Crippen LogP contribution in [0.2, 0.25) is 0 Å². The van der Waals surface area contributed by atoms with Crippen LogP contribution in [0.5, 0.6) is 0 Å². The van der Waals surface area contributed by atoms with Crippen LogP contribution in [0.25, 0.3) is 22.3 Å². The standard InChI is InChI=1S/C19H21N7O2/c1-18(2,3)15-13(14-12-4-7-21-16(12)23-11-22-14)8-26(24-15)19(5-6-20)9-25(10-19)17(27)28/h4,7-8,11H,5,9-10H2,1-3H3,(H,27,28)(H,21,22,23). The molecule has 3 aromatic rings. The van der Waals surface area contributed by atoms with Crippen LogP contribution in [0.4, 0.5) is 4.79 Å². The maximum Gasteiger partial charge on any atom is 0.407 e. The fourth-order valence-electron chi connectivity index (χ4n) is 3.72. The van der Waals surface area contributed by atoms with E-state index in [0.717, 1.165) is 28.0 Å². The van der Waals surface area contributed by atoms with Crippen molar-refractivity contribution in [2.45, 2.75) is 38.1 Å². The van der Waals surface area contributed by atoms with Gasteiger partial charge in [0.1, 0.15) is 17.5 Å². The third kappa shape index (κ3) is 2.69. The summed E-state index contributed by atoms with van der Waals surface area (Å²) in [4.78, 5) is 24.4. The van der Waals surface area contributed by atoms with Gasteiger partial charge in [-0.3, -0.25) is 4.68 Å². The maximum absolute atomic E-state index is 11.3. The molecular weight excluding hydrogens is 358 g/mol. The van der Waals surface area contributed by atoms with E-state index in [4.69, 9.17) is 5.10 Å². The minimum absolute atomic E-state index is 0.185. The van der Waals surface area contributed by atoms with Crippen LogP contribution in [0.15, 0.2) is 24.8 Å². The molecule has 0 radical (unpaired) electrons. The van der Waals surface area contributed by atoms with Gasteiger partial charge in [0.2, 0.25) is 0 Å². The monoisotopic (exact) mass is 379 g/mol. The van der Waals surface area contributed by atoms with E-state index in [1.54, 1.807) is 4.68 Å². The fourth-order valence-corrected chi connectivity index (χ4v) is 3.72. The highest BCUT2D eigenvalue weighted by Crippen LogP contribution is 2.38. The second-order valence-corrected chi connectivity index (χ2v) is 8.25. The summed E-state index contributed by atoms with van der Waals surface area (Å²) < 4.78 is 1.77. The summed E-state index contributed by atoms with van der Waals surface area (Å²) in [6.07, 6.45) is 4.43. The lowest BCUT2D eigenvalue weighted by molar-refractivity contribution is 0.0135. The summed E-state index contributed by atoms with van der Waals surface area (Å²) >= 11 is 0. The van der Waals surface area contributed by atoms with Crippen molar-refractivity contribution in [3.63, 3.8) is 0 Å². The van der Waals surface area contributed by atoms with Gasteiger partial charge in [0.05, 0.1) is 37.0 Å². The number of carbonyl (C=O) groups is 1. The molecule has 0 atom stereocenters. The first-order chi connectivity index (χ1) is 13.2. The zero-order valence-corrected chi connectivity index (χ0v) is 16.0. The Kier molecular flexibility index (Phi) is 3.89. The number of carboxylic acid groups (broad SMARTS) is 1. The number of nitriles is 1. The largest absolute Gasteiger partial charge is 0.465 e. The number of H-pyrrole nitrogens is 1. The molecule has 0 aromatic carbocycles. The average Bonchev–Trinajstić information content (AvgIpc) is 3.23. The third-order valence-electron chi connectivity index (χ3n) is 5.17. The van der Waals surface area contributed by atoms with Crippen molar-refractivity contribution in [1.82, 2.24) is 29.6 Å². The second kappa shape index (κ2) is 6.05. The fraction of sp³-hybridized carbons (Fsp3) is 0.421. The Morgan fingerprint density at radius 3 is 2.79 bits per heavy atom. The number of hydrogen-bond acceptors (Lipinski definition) is 5. The van der Waals surface area contributed by atoms with Crippen molar-refractivity contribution in [3.05, 3.63) is 30.5 Å². The molecule has 1 saturated heterocycles. The zero-order valence-electron chi connectivity index (χ0n) is 16.0. The van der Waals surface area contributed by atoms with E-state index in [9.17, 15) is 15.2 Å². The molecule has 0 aliphatic carbocycles. The number of nitrogens with one attached hydrogen (secondary N) is 1. The van der Waals surface area contributed by atoms with Gasteiger partial charge in [-0.05, 0) is 6.07 Å². The van der Waals surface area contributed by atoms with Crippen LogP contribution >= 0.6 is 0 Å². The second-order valence-electron chi connectivity index (χ2n) is 8.25. The van der Waals surface area contributed by atoms with Gasteiger partial charge < -0.3 is 15.0 Å². The molecular formula is C19H21N7O2. The van der Waals surface area contributed by atoms with Crippen LogP contribution in [-0.4, -0.2) is 53.9 Å². The molecule has 0 saturated carbocycles. The van der Waals surface area contributed by atoms with Crippen molar-refractivity contribution in [1.29, 1.82) is 5.26 Å². The van der Waals surface area contributed by atoms with Gasteiger partial charge in [0.25, 0.3) is 0 Å². The lowest BCUT2D eigenvalue weighted by Gasteiger charge is -2.47. The lowest BCUT2D eigenvalue weighted by Crippen LogP contribution is -2.64. The van der Waals surface area contributed by atoms with Crippen molar-refractivity contribution in [3.8, 4) is 17.3 Å². The van der Waals surface area contributed by atoms with Crippen LogP contribution in [0.3, 0.4) is 0 Å². The Hall–Kier alpha value is -3.41. The molecule has 0 bridgehead atoms. The van der Waals surface area contributed by atoms with Crippen molar-refractivity contribution in [2.24, 2.45) is 0 Å². The lowest BCUT2D eigenvalue weighted by atomic mass is 9.87. The molecule has 0 spiro atoms. The highest BCUT2D eigenvalue weighted by Gasteiger charge is 2.48. The van der Waals surface area contributed by atoms with Gasteiger partial charge in [-0.1, -0.05) is 20.8 Å². The summed E-state index contributed by atoms with van der Waals surface area (Å²) in [7, 11) is 0. The first-order valence-corrected chi connectivity index (χ1v) is 8.99. The van der Waals surface area contributed by atoms with E-state index in [2.05, 4.69) is 41.8 Å². The SMILES string of the molecule is CC(C)(C)c1nn(C2(CC#N)CN(C(=O)O)C2)cc1-c1ncnc2[nH]ccc12. The Balaban J connectivity index is 1.87. The van der Waals surface area contributed by atoms with Crippen molar-refractivity contribution in [2.75, 3.05) is 13.1 Å². The number of likely N-dealkylation sites (tertiary alicyclic amines) is 1. The molecule has 9 nitrogen and oxygen atoms in total. The van der Waals surface area contributed by atoms with Gasteiger partial charge >= 0.3 is 6.09 Å². The van der Waals surface area contributed by atoms with Crippen LogP contribution < -0.4 is 0 Å². The number of amides is 1. The zero-order chi connectivity index (χ0) is 20.1. The summed E-state index contributed by atoms with van der Waals surface area (Å²) in [5.41, 5.74) is 2.30. The van der Waals surface area contributed by atoms with Crippen LogP contribution in [-0.2, 0) is 11.0 Å². The number of fused-ring (bicyclic) bond motifs is 1. The molecule has 0 unspecified atom stereocenters. The van der Waals surface area contributed by atoms with E-state index in [-0.39, 0.29) is 24.9 Å². The first kappa shape index (κ1) is 18.0. The quantitative estimate of drug-likeness (QED) is 0.721. The first-order valence-electron chi connectivity index (χ1n) is 8.99. The topological polar surface area (TPSA) is 124 Å². The van der Waals surface area contributed by atoms with E-state index in [0.29, 0.717) is 0 Å². The molecule has 1 fully saturated rings. The summed E-state index contributed by atoms with van der Waals surface area (Å²) in [6.45, 7) is 6.69. The van der Waals surface area contributed by atoms with Gasteiger partial charge in [0.15, 0.2) is 0 Å². The third-order valence-corrected chi connectivity index (χ3v) is 5.17. The molecule has 144 valence electrons. The van der Waals surface area contributed by atoms with E-state index < -0.39 is 11.6 Å². The molecule has 4 rings (SSSR count). The van der Waals surface area contributed by atoms with Gasteiger partial charge in [-0.2, -0.15) is 10.4 Å². The smallest absolute Gasteiger partial charge is 0.407 e. The number of rotatable bonds is 3. The van der Waals surface area contributed by atoms with Crippen LogP contribution in [0.1, 0.15) is 32.9 Å². The molecule has 2 N–H and O–H groups in total. The summed E-state index contributed by atoms with van der Waals surface area (Å²) in [5.74, 6) is 0. The Bertz CT molecular complexity index is 1090. The molecule has 3 aromatic heterocycles. The van der Waals surface area contributed by atoms with Crippen molar-refractivity contribution < 1.29 is 9.90 Å². The van der Waals surface area contributed by atoms with Crippen LogP contribution in [0, 0.1) is 11.3 Å². The predicted octanol–water partition coefficient (Wildman–Crippen LogP) is 2.72. The normalized spacial score (nSPS) is 16.0. The number of hydrogen-bond donors (Lipinski definition) is 2. The molecule has 1 amide bonds. The summed E-state index contributed by atoms with van der Waals surface area (Å²) in [5, 5.41) is 24.3. The minimum atomic E-state index is -0.984. The Morgan fingerprint density at radius 2 is 2.14 bits per heavy atom.